The lowest BCUT2D eigenvalue weighted by molar-refractivity contribution is -0.137. The van der Waals surface area contributed by atoms with Crippen molar-refractivity contribution in [1.29, 1.82) is 5.41 Å². The van der Waals surface area contributed by atoms with Crippen LogP contribution >= 0.6 is 0 Å². The van der Waals surface area contributed by atoms with Crippen LogP contribution in [0, 0.1) is 12.3 Å². The summed E-state index contributed by atoms with van der Waals surface area (Å²) in [6, 6.07) is 11.8. The predicted molar refractivity (Wildman–Crippen MR) is 122 cm³/mol. The smallest absolute Gasteiger partial charge is 0.256 e. The number of carbonyl (C=O) groups is 3. The molecule has 0 spiro atoms. The number of hydrogen-bond acceptors (Lipinski definition) is 5. The molecule has 3 amide bonds. The van der Waals surface area contributed by atoms with Gasteiger partial charge in [-0.05, 0) is 48.9 Å². The molecule has 1 aliphatic rings. The number of aryl methyl sites for hydroxylation is 1. The first-order chi connectivity index (χ1) is 15.2. The second-order valence-electron chi connectivity index (χ2n) is 7.79. The maximum absolute atomic E-state index is 13.0. The van der Waals surface area contributed by atoms with Crippen LogP contribution in [0.5, 0.6) is 0 Å². The first-order valence-electron chi connectivity index (χ1n) is 10.2. The molecule has 32 heavy (non-hydrogen) atoms. The summed E-state index contributed by atoms with van der Waals surface area (Å²) in [7, 11) is 3.35. The largest absolute Gasteiger partial charge is 0.384 e. The Kier molecular flexibility index (Phi) is 6.89. The molecule has 1 aliphatic heterocycles. The molecule has 1 heterocycles. The summed E-state index contributed by atoms with van der Waals surface area (Å²) in [6.07, 6.45) is -1.06. The highest BCUT2D eigenvalue weighted by Gasteiger charge is 2.32. The van der Waals surface area contributed by atoms with Gasteiger partial charge in [-0.2, -0.15) is 0 Å². The molecule has 9 nitrogen and oxygen atoms in total. The third-order valence-corrected chi connectivity index (χ3v) is 5.20. The van der Waals surface area contributed by atoms with Gasteiger partial charge in [0.1, 0.15) is 11.9 Å². The Morgan fingerprint density at radius 3 is 2.53 bits per heavy atom. The highest BCUT2D eigenvalue weighted by atomic mass is 16.5. The highest BCUT2D eigenvalue weighted by molar-refractivity contribution is 6.03. The van der Waals surface area contributed by atoms with Gasteiger partial charge in [0.25, 0.3) is 11.8 Å². The third kappa shape index (κ3) is 5.12. The van der Waals surface area contributed by atoms with Crippen LogP contribution in [0.2, 0.25) is 0 Å². The number of benzene rings is 2. The van der Waals surface area contributed by atoms with Gasteiger partial charge < -0.3 is 25.6 Å². The van der Waals surface area contributed by atoms with Crippen molar-refractivity contribution in [2.24, 2.45) is 5.73 Å². The third-order valence-electron chi connectivity index (χ3n) is 5.20. The standard InChI is InChI=1S/C23H27N5O4/c1-14-4-9-17(12-18(14)22(30)27(2)3)28-10-11-32-19(23(28)31)13-20(29)26-16-7-5-15(6-8-16)21(24)25/h4-9,12,19H,10-11,13H2,1-3H3,(H3,24,25)(H,26,29). The van der Waals surface area contributed by atoms with Gasteiger partial charge in [0.05, 0.1) is 13.0 Å². The second-order valence-corrected chi connectivity index (χ2v) is 7.79. The SMILES string of the molecule is Cc1ccc(N2CCOC(CC(=O)Nc3ccc(C(=N)N)cc3)C2=O)cc1C(=O)N(C)C. The van der Waals surface area contributed by atoms with Gasteiger partial charge in [0.15, 0.2) is 0 Å². The molecule has 2 aromatic rings. The van der Waals surface area contributed by atoms with Crippen LogP contribution in [0.25, 0.3) is 0 Å². The quantitative estimate of drug-likeness (QED) is 0.468. The number of amidine groups is 1. The van der Waals surface area contributed by atoms with Crippen molar-refractivity contribution in [3.05, 3.63) is 59.2 Å². The number of ether oxygens (including phenoxy) is 1. The summed E-state index contributed by atoms with van der Waals surface area (Å²) >= 11 is 0. The molecule has 9 heteroatoms. The summed E-state index contributed by atoms with van der Waals surface area (Å²) in [6.45, 7) is 2.46. The van der Waals surface area contributed by atoms with Crippen molar-refractivity contribution < 1.29 is 19.1 Å². The number of nitrogens with one attached hydrogen (secondary N) is 2. The number of anilines is 2. The highest BCUT2D eigenvalue weighted by Crippen LogP contribution is 2.24. The molecule has 3 rings (SSSR count). The van der Waals surface area contributed by atoms with Crippen LogP contribution in [-0.2, 0) is 14.3 Å². The number of rotatable bonds is 6. The fourth-order valence-electron chi connectivity index (χ4n) is 3.41. The molecule has 0 radical (unpaired) electrons. The molecule has 1 fully saturated rings. The van der Waals surface area contributed by atoms with Crippen molar-refractivity contribution in [3.63, 3.8) is 0 Å². The molecule has 0 bridgehead atoms. The Hall–Kier alpha value is -3.72. The molecule has 2 aromatic carbocycles. The lowest BCUT2D eigenvalue weighted by atomic mass is 10.0. The maximum Gasteiger partial charge on any atom is 0.256 e. The van der Waals surface area contributed by atoms with Crippen LogP contribution in [0.15, 0.2) is 42.5 Å². The van der Waals surface area contributed by atoms with E-state index in [0.717, 1.165) is 5.56 Å². The molecular weight excluding hydrogens is 410 g/mol. The van der Waals surface area contributed by atoms with Gasteiger partial charge in [-0.1, -0.05) is 6.07 Å². The van der Waals surface area contributed by atoms with Crippen LogP contribution < -0.4 is 16.0 Å². The predicted octanol–water partition coefficient (Wildman–Crippen LogP) is 1.74. The van der Waals surface area contributed by atoms with Gasteiger partial charge >= 0.3 is 0 Å². The minimum atomic E-state index is -0.922. The van der Waals surface area contributed by atoms with E-state index >= 15 is 0 Å². The van der Waals surface area contributed by atoms with Gasteiger partial charge in [-0.15, -0.1) is 0 Å². The average Bonchev–Trinajstić information content (AvgIpc) is 2.75. The molecule has 1 saturated heterocycles. The summed E-state index contributed by atoms with van der Waals surface area (Å²) in [4.78, 5) is 41.0. The van der Waals surface area contributed by atoms with Gasteiger partial charge in [0.2, 0.25) is 5.91 Å². The van der Waals surface area contributed by atoms with E-state index in [0.29, 0.717) is 29.0 Å². The Morgan fingerprint density at radius 1 is 1.22 bits per heavy atom. The van der Waals surface area contributed by atoms with E-state index in [4.69, 9.17) is 15.9 Å². The zero-order valence-electron chi connectivity index (χ0n) is 18.3. The number of nitrogen functional groups attached to an aromatic ring is 1. The topological polar surface area (TPSA) is 129 Å². The molecule has 0 aliphatic carbocycles. The van der Waals surface area contributed by atoms with E-state index in [-0.39, 0.29) is 36.6 Å². The van der Waals surface area contributed by atoms with Crippen molar-refractivity contribution in [1.82, 2.24) is 4.90 Å². The van der Waals surface area contributed by atoms with Crippen molar-refractivity contribution in [3.8, 4) is 0 Å². The fraction of sp³-hybridized carbons (Fsp3) is 0.304. The van der Waals surface area contributed by atoms with Gasteiger partial charge in [0, 0.05) is 43.1 Å². The van der Waals surface area contributed by atoms with Crippen molar-refractivity contribution in [2.75, 3.05) is 37.5 Å². The first kappa shape index (κ1) is 23.0. The van der Waals surface area contributed by atoms with E-state index in [2.05, 4.69) is 5.32 Å². The van der Waals surface area contributed by atoms with Crippen molar-refractivity contribution >= 4 is 34.9 Å². The number of nitrogens with two attached hydrogens (primary N) is 1. The molecule has 1 unspecified atom stereocenters. The summed E-state index contributed by atoms with van der Waals surface area (Å²) < 4.78 is 5.57. The first-order valence-corrected chi connectivity index (χ1v) is 10.2. The zero-order valence-corrected chi connectivity index (χ0v) is 18.3. The van der Waals surface area contributed by atoms with Crippen LogP contribution in [-0.4, -0.2) is 61.8 Å². The molecule has 168 valence electrons. The van der Waals surface area contributed by atoms with Crippen LogP contribution in [0.4, 0.5) is 11.4 Å². The normalized spacial score (nSPS) is 15.9. The Morgan fingerprint density at radius 2 is 1.91 bits per heavy atom. The minimum Gasteiger partial charge on any atom is -0.384 e. The lowest BCUT2D eigenvalue weighted by Gasteiger charge is -2.32. The summed E-state index contributed by atoms with van der Waals surface area (Å²) in [5, 5.41) is 10.1. The monoisotopic (exact) mass is 437 g/mol. The number of amides is 3. The van der Waals surface area contributed by atoms with Crippen LogP contribution in [0.1, 0.15) is 27.9 Å². The van der Waals surface area contributed by atoms with Gasteiger partial charge in [-0.3, -0.25) is 19.8 Å². The van der Waals surface area contributed by atoms with Crippen LogP contribution in [0.3, 0.4) is 0 Å². The summed E-state index contributed by atoms with van der Waals surface area (Å²) in [5.74, 6) is -0.897. The lowest BCUT2D eigenvalue weighted by Crippen LogP contribution is -2.49. The van der Waals surface area contributed by atoms with E-state index in [9.17, 15) is 14.4 Å². The Balaban J connectivity index is 1.70. The van der Waals surface area contributed by atoms with Crippen molar-refractivity contribution in [2.45, 2.75) is 19.4 Å². The molecule has 0 aromatic heterocycles. The zero-order chi connectivity index (χ0) is 23.4. The number of carbonyl (C=O) groups excluding carboxylic acids is 3. The molecule has 0 saturated carbocycles. The molecule has 4 N–H and O–H groups in total. The maximum atomic E-state index is 13.0. The number of nitrogens with zero attached hydrogens (tertiary/aromatic N) is 2. The fourth-order valence-corrected chi connectivity index (χ4v) is 3.41. The number of hydrogen-bond donors (Lipinski definition) is 3. The van der Waals surface area contributed by atoms with Gasteiger partial charge in [-0.25, -0.2) is 0 Å². The van der Waals surface area contributed by atoms with E-state index in [1.165, 1.54) is 4.90 Å². The number of morpholine rings is 1. The Bertz CT molecular complexity index is 1050. The minimum absolute atomic E-state index is 0.0595. The average molecular weight is 438 g/mol. The Labute approximate surface area is 186 Å². The second kappa shape index (κ2) is 9.61. The molecular formula is C23H27N5O4. The van der Waals surface area contributed by atoms with E-state index in [1.807, 2.05) is 6.92 Å². The van der Waals surface area contributed by atoms with E-state index in [1.54, 1.807) is 61.5 Å². The molecule has 1 atom stereocenters. The summed E-state index contributed by atoms with van der Waals surface area (Å²) in [5.41, 5.74) is 8.45. The van der Waals surface area contributed by atoms with E-state index < -0.39 is 6.10 Å².